The van der Waals surface area contributed by atoms with Crippen LogP contribution in [0.25, 0.3) is 0 Å². The topological polar surface area (TPSA) is 99.1 Å². The van der Waals surface area contributed by atoms with Crippen LogP contribution in [-0.2, 0) is 27.6 Å². The third kappa shape index (κ3) is 7.26. The molecule has 0 amide bonds. The fraction of sp³-hybridized carbons (Fsp3) is 0.857. The van der Waals surface area contributed by atoms with Gasteiger partial charge in [0.25, 0.3) is 0 Å². The van der Waals surface area contributed by atoms with Gasteiger partial charge in [0, 0.05) is 20.6 Å². The number of carbonyl (C=O) groups excluding carboxylic acids is 1. The van der Waals surface area contributed by atoms with Gasteiger partial charge in [-0.3, -0.25) is 9.36 Å². The fourth-order valence-corrected chi connectivity index (χ4v) is 3.84. The maximum Gasteiger partial charge on any atom is 0.337 e. The monoisotopic (exact) mass is 368 g/mol. The van der Waals surface area contributed by atoms with Gasteiger partial charge in [-0.25, -0.2) is 4.79 Å². The Balaban J connectivity index is 4.78. The van der Waals surface area contributed by atoms with Crippen molar-refractivity contribution >= 4 is 27.7 Å². The molecule has 136 valence electrons. The number of ketones is 1. The summed E-state index contributed by atoms with van der Waals surface area (Å²) in [7, 11) is -3.26. The molecule has 0 rings (SSSR count). The molecule has 0 saturated heterocycles. The summed E-state index contributed by atoms with van der Waals surface area (Å²) in [6, 6.07) is 0. The number of hydrogen-bond donors (Lipinski definition) is 1. The predicted molar refractivity (Wildman–Crippen MR) is 90.4 cm³/mol. The van der Waals surface area contributed by atoms with Gasteiger partial charge < -0.3 is 18.6 Å². The highest BCUT2D eigenvalue weighted by Crippen LogP contribution is 2.46. The van der Waals surface area contributed by atoms with E-state index in [0.717, 1.165) is 0 Å². The van der Waals surface area contributed by atoms with Crippen molar-refractivity contribution < 1.29 is 32.7 Å². The van der Waals surface area contributed by atoms with Gasteiger partial charge >= 0.3 is 13.6 Å². The first kappa shape index (κ1) is 22.5. The van der Waals surface area contributed by atoms with Crippen LogP contribution in [0.1, 0.15) is 33.6 Å². The number of carbonyl (C=O) groups is 2. The Bertz CT molecular complexity index is 462. The molecule has 0 aromatic heterocycles. The normalized spacial score (nSPS) is 14.6. The first-order valence-electron chi connectivity index (χ1n) is 7.41. The highest BCUT2D eigenvalue weighted by Gasteiger charge is 2.40. The molecule has 0 heterocycles. The van der Waals surface area contributed by atoms with Gasteiger partial charge in [-0.2, -0.15) is 0 Å². The van der Waals surface area contributed by atoms with Gasteiger partial charge in [-0.1, -0.05) is 20.8 Å². The molecule has 0 radical (unpaired) electrons. The lowest BCUT2D eigenvalue weighted by Gasteiger charge is -2.38. The van der Waals surface area contributed by atoms with Crippen LogP contribution in [0.5, 0.6) is 0 Å². The van der Waals surface area contributed by atoms with Crippen LogP contribution in [0.15, 0.2) is 0 Å². The summed E-state index contributed by atoms with van der Waals surface area (Å²) in [5.41, 5.74) is 0. The Morgan fingerprint density at radius 1 is 1.17 bits per heavy atom. The molecular formula is C14H29O7PSi. The molecule has 0 aromatic rings. The Hall–Kier alpha value is -0.533. The Morgan fingerprint density at radius 2 is 1.65 bits per heavy atom. The van der Waals surface area contributed by atoms with Gasteiger partial charge in [0.05, 0.1) is 0 Å². The maximum atomic E-state index is 11.9. The average molecular weight is 368 g/mol. The molecule has 1 atom stereocenters. The van der Waals surface area contributed by atoms with Crippen LogP contribution in [-0.4, -0.2) is 51.7 Å². The zero-order valence-corrected chi connectivity index (χ0v) is 16.9. The van der Waals surface area contributed by atoms with Gasteiger partial charge in [0.2, 0.25) is 0 Å². The van der Waals surface area contributed by atoms with Gasteiger partial charge in [0.15, 0.2) is 8.32 Å². The second-order valence-corrected chi connectivity index (χ2v) is 13.9. The van der Waals surface area contributed by atoms with Crippen molar-refractivity contribution in [2.75, 3.05) is 20.4 Å². The maximum absolute atomic E-state index is 11.9. The Kier molecular flexibility index (Phi) is 8.33. The van der Waals surface area contributed by atoms with E-state index < -0.39 is 28.0 Å². The zero-order chi connectivity index (χ0) is 18.5. The highest BCUT2D eigenvalue weighted by atomic mass is 31.2. The van der Waals surface area contributed by atoms with Crippen molar-refractivity contribution in [3.63, 3.8) is 0 Å². The summed E-state index contributed by atoms with van der Waals surface area (Å²) in [5, 5.41) is 9.19. The van der Waals surface area contributed by atoms with Crippen LogP contribution in [0, 0.1) is 0 Å². The third-order valence-corrected chi connectivity index (χ3v) is 10.5. The standard InChI is InChI=1S/C14H29O7PSi/c1-14(2,3)23(6,7)21-12(13(16)17)9-8-11(15)10-22(18,19-4)20-5/h12H,8-10H2,1-7H3,(H,16,17). The van der Waals surface area contributed by atoms with Crippen LogP contribution < -0.4 is 0 Å². The fourth-order valence-electron chi connectivity index (χ4n) is 1.56. The molecule has 0 aromatic carbocycles. The van der Waals surface area contributed by atoms with Crippen LogP contribution >= 0.6 is 7.60 Å². The number of rotatable bonds is 10. The lowest BCUT2D eigenvalue weighted by molar-refractivity contribution is -0.146. The molecule has 0 aliphatic rings. The van der Waals surface area contributed by atoms with E-state index in [4.69, 9.17) is 13.5 Å². The molecule has 1 N–H and O–H groups in total. The highest BCUT2D eigenvalue weighted by molar-refractivity contribution is 7.54. The molecule has 23 heavy (non-hydrogen) atoms. The van der Waals surface area contributed by atoms with E-state index in [2.05, 4.69) is 0 Å². The van der Waals surface area contributed by atoms with E-state index in [1.54, 1.807) is 0 Å². The molecular weight excluding hydrogens is 339 g/mol. The predicted octanol–water partition coefficient (Wildman–Crippen LogP) is 3.30. The van der Waals surface area contributed by atoms with Crippen LogP contribution in [0.2, 0.25) is 18.1 Å². The molecule has 0 aliphatic heterocycles. The van der Waals surface area contributed by atoms with E-state index in [9.17, 15) is 19.3 Å². The summed E-state index contributed by atoms with van der Waals surface area (Å²) in [4.78, 5) is 23.3. The molecule has 0 spiro atoms. The largest absolute Gasteiger partial charge is 0.479 e. The molecule has 9 heteroatoms. The Labute approximate surface area is 139 Å². The van der Waals surface area contributed by atoms with Crippen molar-refractivity contribution in [2.45, 2.75) is 57.8 Å². The number of hydrogen-bond acceptors (Lipinski definition) is 6. The summed E-state index contributed by atoms with van der Waals surface area (Å²) in [5.74, 6) is -1.47. The van der Waals surface area contributed by atoms with Crippen molar-refractivity contribution in [1.29, 1.82) is 0 Å². The molecule has 1 unspecified atom stereocenters. The first-order chi connectivity index (χ1) is 10.3. The lowest BCUT2D eigenvalue weighted by atomic mass is 10.1. The number of aliphatic carboxylic acids is 1. The number of carboxylic acids is 1. The molecule has 0 aliphatic carbocycles. The van der Waals surface area contributed by atoms with Gasteiger partial charge in [-0.05, 0) is 24.6 Å². The van der Waals surface area contributed by atoms with Crippen molar-refractivity contribution in [1.82, 2.24) is 0 Å². The third-order valence-electron chi connectivity index (χ3n) is 4.13. The SMILES string of the molecule is COP(=O)(CC(=O)CCC(O[Si](C)(C)C(C)(C)C)C(=O)O)OC. The van der Waals surface area contributed by atoms with Crippen molar-refractivity contribution in [3.05, 3.63) is 0 Å². The van der Waals surface area contributed by atoms with Crippen LogP contribution in [0.3, 0.4) is 0 Å². The van der Waals surface area contributed by atoms with Crippen molar-refractivity contribution in [3.8, 4) is 0 Å². The van der Waals surface area contributed by atoms with Gasteiger partial charge in [0.1, 0.15) is 18.0 Å². The van der Waals surface area contributed by atoms with E-state index in [1.807, 2.05) is 33.9 Å². The van der Waals surface area contributed by atoms with Crippen molar-refractivity contribution in [2.24, 2.45) is 0 Å². The number of carboxylic acid groups (broad SMARTS) is 1. The zero-order valence-electron chi connectivity index (χ0n) is 15.0. The molecule has 0 bridgehead atoms. The Morgan fingerprint density at radius 3 is 2.00 bits per heavy atom. The average Bonchev–Trinajstić information content (AvgIpc) is 2.41. The van der Waals surface area contributed by atoms with E-state index in [1.165, 1.54) is 14.2 Å². The summed E-state index contributed by atoms with van der Waals surface area (Å²) in [6.07, 6.45) is -1.44. The smallest absolute Gasteiger partial charge is 0.337 e. The minimum atomic E-state index is -3.42. The van der Waals surface area contributed by atoms with Gasteiger partial charge in [-0.15, -0.1) is 0 Å². The van der Waals surface area contributed by atoms with Crippen LogP contribution in [0.4, 0.5) is 0 Å². The second-order valence-electron chi connectivity index (χ2n) is 6.92. The summed E-state index contributed by atoms with van der Waals surface area (Å²) < 4.78 is 27.2. The molecule has 0 saturated carbocycles. The summed E-state index contributed by atoms with van der Waals surface area (Å²) >= 11 is 0. The van der Waals surface area contributed by atoms with E-state index in [-0.39, 0.29) is 29.8 Å². The number of Topliss-reactive ketones (excluding diaryl/α,β-unsaturated/α-hetero) is 1. The van der Waals surface area contributed by atoms with E-state index in [0.29, 0.717) is 0 Å². The minimum absolute atomic E-state index is 0.0358. The minimum Gasteiger partial charge on any atom is -0.479 e. The second kappa shape index (κ2) is 8.53. The molecule has 0 fully saturated rings. The quantitative estimate of drug-likeness (QED) is 0.466. The van der Waals surface area contributed by atoms with E-state index >= 15 is 0 Å². The lowest BCUT2D eigenvalue weighted by Crippen LogP contribution is -2.46. The summed E-state index contributed by atoms with van der Waals surface area (Å²) in [6.45, 7) is 9.94. The first-order valence-corrected chi connectivity index (χ1v) is 12.0. The molecule has 7 nitrogen and oxygen atoms in total.